The Morgan fingerprint density at radius 3 is 2.80 bits per heavy atom. The highest BCUT2D eigenvalue weighted by atomic mass is 35.5. The number of aryl methyl sites for hydroxylation is 2. The van der Waals surface area contributed by atoms with Crippen LogP contribution in [-0.4, -0.2) is 4.98 Å². The van der Waals surface area contributed by atoms with Gasteiger partial charge in [-0.25, -0.2) is 0 Å². The molecule has 78 valence electrons. The summed E-state index contributed by atoms with van der Waals surface area (Å²) in [5, 5.41) is 1.86. The van der Waals surface area contributed by atoms with Crippen LogP contribution in [-0.2, 0) is 6.42 Å². The van der Waals surface area contributed by atoms with Crippen LogP contribution in [0.3, 0.4) is 0 Å². The third-order valence-corrected chi connectivity index (χ3v) is 2.79. The van der Waals surface area contributed by atoms with E-state index in [2.05, 4.69) is 31.0 Å². The monoisotopic (exact) mass is 219 g/mol. The van der Waals surface area contributed by atoms with E-state index in [1.807, 2.05) is 12.1 Å². The highest BCUT2D eigenvalue weighted by Crippen LogP contribution is 2.24. The Morgan fingerprint density at radius 1 is 1.27 bits per heavy atom. The number of rotatable bonds is 2. The molecule has 0 fully saturated rings. The Balaban J connectivity index is 2.62. The van der Waals surface area contributed by atoms with E-state index >= 15 is 0 Å². The molecule has 2 rings (SSSR count). The van der Waals surface area contributed by atoms with Gasteiger partial charge < -0.3 is 0 Å². The maximum absolute atomic E-state index is 6.23. The van der Waals surface area contributed by atoms with E-state index < -0.39 is 0 Å². The van der Waals surface area contributed by atoms with Gasteiger partial charge in [-0.2, -0.15) is 0 Å². The molecular formula is C13H14ClN. The molecule has 2 heteroatoms. The lowest BCUT2D eigenvalue weighted by atomic mass is 10.1. The van der Waals surface area contributed by atoms with Crippen LogP contribution in [0.5, 0.6) is 0 Å². The third-order valence-electron chi connectivity index (χ3n) is 2.47. The van der Waals surface area contributed by atoms with E-state index in [9.17, 15) is 0 Å². The lowest BCUT2D eigenvalue weighted by Crippen LogP contribution is -1.91. The number of hydrogen-bond donors (Lipinski definition) is 0. The standard InChI is InChI=1S/C13H14ClN/c1-3-4-10-8-12(14)11-7-9(2)5-6-13(11)15-10/h5-8H,3-4H2,1-2H3. The molecule has 0 amide bonds. The predicted octanol–water partition coefficient (Wildman–Crippen LogP) is 4.15. The van der Waals surface area contributed by atoms with Gasteiger partial charge in [0.2, 0.25) is 0 Å². The van der Waals surface area contributed by atoms with Gasteiger partial charge in [-0.15, -0.1) is 0 Å². The van der Waals surface area contributed by atoms with Crippen molar-refractivity contribution >= 4 is 22.5 Å². The summed E-state index contributed by atoms with van der Waals surface area (Å²) in [5.74, 6) is 0. The predicted molar refractivity (Wildman–Crippen MR) is 65.5 cm³/mol. The summed E-state index contributed by atoms with van der Waals surface area (Å²) in [6.45, 7) is 4.21. The molecule has 0 unspecified atom stereocenters. The van der Waals surface area contributed by atoms with Crippen molar-refractivity contribution in [2.45, 2.75) is 26.7 Å². The number of benzene rings is 1. The smallest absolute Gasteiger partial charge is 0.0720 e. The van der Waals surface area contributed by atoms with Crippen molar-refractivity contribution in [1.82, 2.24) is 4.98 Å². The van der Waals surface area contributed by atoms with Gasteiger partial charge in [-0.1, -0.05) is 36.6 Å². The fourth-order valence-corrected chi connectivity index (χ4v) is 2.01. The molecule has 0 aliphatic carbocycles. The summed E-state index contributed by atoms with van der Waals surface area (Å²) in [7, 11) is 0. The number of aromatic nitrogens is 1. The van der Waals surface area contributed by atoms with Gasteiger partial charge >= 0.3 is 0 Å². The number of nitrogens with zero attached hydrogens (tertiary/aromatic N) is 1. The van der Waals surface area contributed by atoms with Crippen molar-refractivity contribution in [3.63, 3.8) is 0 Å². The Kier molecular flexibility index (Phi) is 2.92. The summed E-state index contributed by atoms with van der Waals surface area (Å²) in [6.07, 6.45) is 2.09. The van der Waals surface area contributed by atoms with E-state index in [0.29, 0.717) is 0 Å². The fraction of sp³-hybridized carbons (Fsp3) is 0.308. The van der Waals surface area contributed by atoms with Crippen molar-refractivity contribution in [3.8, 4) is 0 Å². The lowest BCUT2D eigenvalue weighted by Gasteiger charge is -2.05. The normalized spacial score (nSPS) is 10.9. The summed E-state index contributed by atoms with van der Waals surface area (Å²) in [4.78, 5) is 4.58. The SMILES string of the molecule is CCCc1cc(Cl)c2cc(C)ccc2n1. The summed E-state index contributed by atoms with van der Waals surface area (Å²) < 4.78 is 0. The second-order valence-electron chi connectivity index (χ2n) is 3.87. The fourth-order valence-electron chi connectivity index (χ4n) is 1.73. The minimum Gasteiger partial charge on any atom is -0.253 e. The first-order valence-electron chi connectivity index (χ1n) is 5.26. The molecule has 0 aliphatic rings. The van der Waals surface area contributed by atoms with E-state index in [1.165, 1.54) is 5.56 Å². The highest BCUT2D eigenvalue weighted by Gasteiger charge is 2.03. The molecule has 1 heterocycles. The van der Waals surface area contributed by atoms with Gasteiger partial charge in [0, 0.05) is 11.1 Å². The quantitative estimate of drug-likeness (QED) is 0.740. The van der Waals surface area contributed by atoms with Crippen LogP contribution < -0.4 is 0 Å². The lowest BCUT2D eigenvalue weighted by molar-refractivity contribution is 0.890. The van der Waals surface area contributed by atoms with Crippen LogP contribution in [0.2, 0.25) is 5.02 Å². The summed E-state index contributed by atoms with van der Waals surface area (Å²) >= 11 is 6.23. The molecule has 1 aromatic heterocycles. The maximum atomic E-state index is 6.23. The molecule has 15 heavy (non-hydrogen) atoms. The maximum Gasteiger partial charge on any atom is 0.0720 e. The second-order valence-corrected chi connectivity index (χ2v) is 4.27. The molecule has 0 N–H and O–H groups in total. The van der Waals surface area contributed by atoms with Crippen molar-refractivity contribution < 1.29 is 0 Å². The molecule has 0 spiro atoms. The Bertz CT molecular complexity index is 491. The number of fused-ring (bicyclic) bond motifs is 1. The van der Waals surface area contributed by atoms with E-state index in [0.717, 1.165) is 34.5 Å². The van der Waals surface area contributed by atoms with Crippen LogP contribution in [0.25, 0.3) is 10.9 Å². The van der Waals surface area contributed by atoms with E-state index in [1.54, 1.807) is 0 Å². The van der Waals surface area contributed by atoms with Gasteiger partial charge in [-0.05, 0) is 31.5 Å². The van der Waals surface area contributed by atoms with Crippen LogP contribution in [0.15, 0.2) is 24.3 Å². The average Bonchev–Trinajstić information content (AvgIpc) is 2.20. The van der Waals surface area contributed by atoms with Gasteiger partial charge in [0.15, 0.2) is 0 Å². The largest absolute Gasteiger partial charge is 0.253 e. The van der Waals surface area contributed by atoms with Gasteiger partial charge in [0.25, 0.3) is 0 Å². The zero-order valence-electron chi connectivity index (χ0n) is 9.05. The first-order valence-corrected chi connectivity index (χ1v) is 5.64. The second kappa shape index (κ2) is 4.19. The van der Waals surface area contributed by atoms with Gasteiger partial charge in [0.05, 0.1) is 10.5 Å². The van der Waals surface area contributed by atoms with Crippen molar-refractivity contribution in [1.29, 1.82) is 0 Å². The molecule has 0 bridgehead atoms. The highest BCUT2D eigenvalue weighted by molar-refractivity contribution is 6.35. The molecule has 1 nitrogen and oxygen atoms in total. The number of halogens is 1. The summed E-state index contributed by atoms with van der Waals surface area (Å²) in [5.41, 5.74) is 3.30. The average molecular weight is 220 g/mol. The molecular weight excluding hydrogens is 206 g/mol. The minimum absolute atomic E-state index is 0.812. The van der Waals surface area contributed by atoms with Crippen molar-refractivity contribution in [2.24, 2.45) is 0 Å². The summed E-state index contributed by atoms with van der Waals surface area (Å²) in [6, 6.07) is 8.17. The van der Waals surface area contributed by atoms with Gasteiger partial charge in [-0.3, -0.25) is 4.98 Å². The topological polar surface area (TPSA) is 12.9 Å². The minimum atomic E-state index is 0.812. The van der Waals surface area contributed by atoms with Crippen LogP contribution >= 0.6 is 11.6 Å². The van der Waals surface area contributed by atoms with Crippen molar-refractivity contribution in [2.75, 3.05) is 0 Å². The Hall–Kier alpha value is -1.08. The van der Waals surface area contributed by atoms with E-state index in [4.69, 9.17) is 11.6 Å². The molecule has 0 atom stereocenters. The molecule has 1 aromatic carbocycles. The zero-order chi connectivity index (χ0) is 10.8. The molecule has 0 saturated heterocycles. The van der Waals surface area contributed by atoms with Gasteiger partial charge in [0.1, 0.15) is 0 Å². The Labute approximate surface area is 95.1 Å². The Morgan fingerprint density at radius 2 is 2.07 bits per heavy atom. The third kappa shape index (κ3) is 2.13. The molecule has 0 aliphatic heterocycles. The number of hydrogen-bond acceptors (Lipinski definition) is 1. The zero-order valence-corrected chi connectivity index (χ0v) is 9.80. The molecule has 2 aromatic rings. The first kappa shape index (κ1) is 10.4. The molecule has 0 radical (unpaired) electrons. The van der Waals surface area contributed by atoms with Crippen LogP contribution in [0, 0.1) is 6.92 Å². The van der Waals surface area contributed by atoms with Crippen molar-refractivity contribution in [3.05, 3.63) is 40.5 Å². The first-order chi connectivity index (χ1) is 7.20. The van der Waals surface area contributed by atoms with Crippen LogP contribution in [0.4, 0.5) is 0 Å². The van der Waals surface area contributed by atoms with E-state index in [-0.39, 0.29) is 0 Å². The number of pyridine rings is 1. The molecule has 0 saturated carbocycles. The van der Waals surface area contributed by atoms with Crippen LogP contribution in [0.1, 0.15) is 24.6 Å².